The van der Waals surface area contributed by atoms with Gasteiger partial charge < -0.3 is 15.2 Å². The lowest BCUT2D eigenvalue weighted by Crippen LogP contribution is -2.17. The van der Waals surface area contributed by atoms with E-state index in [0.717, 1.165) is 15.8 Å². The van der Waals surface area contributed by atoms with Crippen LogP contribution in [0.3, 0.4) is 0 Å². The Balaban J connectivity index is 3.03. The van der Waals surface area contributed by atoms with Crippen molar-refractivity contribution in [2.75, 3.05) is 20.8 Å². The molecule has 0 bridgehead atoms. The largest absolute Gasteiger partial charge is 0.496 e. The minimum absolute atomic E-state index is 0.175. The van der Waals surface area contributed by atoms with E-state index in [1.165, 1.54) is 0 Å². The molecule has 78 valence electrons. The van der Waals surface area contributed by atoms with E-state index >= 15 is 0 Å². The van der Waals surface area contributed by atoms with Crippen molar-refractivity contribution in [2.24, 2.45) is 5.73 Å². The van der Waals surface area contributed by atoms with Gasteiger partial charge >= 0.3 is 0 Å². The topological polar surface area (TPSA) is 44.5 Å². The Morgan fingerprint density at radius 1 is 1.43 bits per heavy atom. The molecule has 1 rings (SSSR count). The second-order valence-corrected chi connectivity index (χ2v) is 3.77. The van der Waals surface area contributed by atoms with Gasteiger partial charge in [0.1, 0.15) is 5.75 Å². The van der Waals surface area contributed by atoms with Gasteiger partial charge in [-0.15, -0.1) is 0 Å². The van der Waals surface area contributed by atoms with Crippen LogP contribution in [0.1, 0.15) is 11.6 Å². The van der Waals surface area contributed by atoms with Gasteiger partial charge in [0.25, 0.3) is 0 Å². The van der Waals surface area contributed by atoms with Crippen molar-refractivity contribution in [3.63, 3.8) is 0 Å². The molecule has 0 saturated heterocycles. The van der Waals surface area contributed by atoms with Crippen LogP contribution in [0.5, 0.6) is 5.75 Å². The van der Waals surface area contributed by atoms with Gasteiger partial charge in [-0.3, -0.25) is 0 Å². The number of hydrogen-bond donors (Lipinski definition) is 1. The highest BCUT2D eigenvalue weighted by Crippen LogP contribution is 2.31. The van der Waals surface area contributed by atoms with Crippen LogP contribution in [0.15, 0.2) is 22.7 Å². The summed E-state index contributed by atoms with van der Waals surface area (Å²) in [6.45, 7) is 0.471. The molecule has 0 heterocycles. The Kier molecular flexibility index (Phi) is 4.38. The van der Waals surface area contributed by atoms with E-state index in [4.69, 9.17) is 15.2 Å². The zero-order valence-corrected chi connectivity index (χ0v) is 9.87. The molecule has 3 nitrogen and oxygen atoms in total. The Morgan fingerprint density at radius 2 is 2.14 bits per heavy atom. The van der Waals surface area contributed by atoms with Crippen molar-refractivity contribution in [1.82, 2.24) is 0 Å². The van der Waals surface area contributed by atoms with Crippen molar-refractivity contribution in [2.45, 2.75) is 6.04 Å². The van der Waals surface area contributed by atoms with Crippen molar-refractivity contribution < 1.29 is 9.47 Å². The summed E-state index contributed by atoms with van der Waals surface area (Å²) >= 11 is 3.44. The number of halogens is 1. The summed E-state index contributed by atoms with van der Waals surface area (Å²) in [6.07, 6.45) is 0. The molecule has 0 aliphatic carbocycles. The fourth-order valence-corrected chi connectivity index (χ4v) is 1.96. The van der Waals surface area contributed by atoms with Crippen LogP contribution in [0.2, 0.25) is 0 Å². The number of nitrogens with two attached hydrogens (primary N) is 1. The molecule has 1 atom stereocenters. The van der Waals surface area contributed by atoms with E-state index in [9.17, 15) is 0 Å². The first-order valence-electron chi connectivity index (χ1n) is 4.27. The maximum absolute atomic E-state index is 5.95. The quantitative estimate of drug-likeness (QED) is 0.901. The van der Waals surface area contributed by atoms with Crippen molar-refractivity contribution in [3.8, 4) is 5.75 Å². The van der Waals surface area contributed by atoms with Crippen LogP contribution in [0.4, 0.5) is 0 Å². The van der Waals surface area contributed by atoms with Gasteiger partial charge in [-0.05, 0) is 12.1 Å². The zero-order valence-electron chi connectivity index (χ0n) is 8.29. The van der Waals surface area contributed by atoms with Crippen molar-refractivity contribution in [1.29, 1.82) is 0 Å². The minimum atomic E-state index is -0.175. The van der Waals surface area contributed by atoms with Gasteiger partial charge in [-0.25, -0.2) is 0 Å². The summed E-state index contributed by atoms with van der Waals surface area (Å²) in [5, 5.41) is 0. The van der Waals surface area contributed by atoms with Crippen LogP contribution in [-0.4, -0.2) is 20.8 Å². The summed E-state index contributed by atoms with van der Waals surface area (Å²) in [4.78, 5) is 0. The number of rotatable bonds is 4. The predicted molar refractivity (Wildman–Crippen MR) is 59.5 cm³/mol. The SMILES string of the molecule is COC[C@@H](N)c1c(Br)cccc1OC. The molecule has 0 spiro atoms. The molecular weight excluding hydrogens is 246 g/mol. The lowest BCUT2D eigenvalue weighted by atomic mass is 10.1. The predicted octanol–water partition coefficient (Wildman–Crippen LogP) is 2.10. The Hall–Kier alpha value is -0.580. The summed E-state index contributed by atoms with van der Waals surface area (Å²) in [5.74, 6) is 0.781. The molecule has 1 aromatic carbocycles. The number of benzene rings is 1. The smallest absolute Gasteiger partial charge is 0.124 e. The van der Waals surface area contributed by atoms with Crippen LogP contribution in [-0.2, 0) is 4.74 Å². The van der Waals surface area contributed by atoms with E-state index in [2.05, 4.69) is 15.9 Å². The fourth-order valence-electron chi connectivity index (χ4n) is 1.32. The molecule has 2 N–H and O–H groups in total. The third kappa shape index (κ3) is 2.47. The first kappa shape index (κ1) is 11.5. The Labute approximate surface area is 92.3 Å². The third-order valence-corrected chi connectivity index (χ3v) is 2.64. The highest BCUT2D eigenvalue weighted by Gasteiger charge is 2.14. The van der Waals surface area contributed by atoms with Crippen LogP contribution < -0.4 is 10.5 Å². The monoisotopic (exact) mass is 259 g/mol. The van der Waals surface area contributed by atoms with Gasteiger partial charge in [-0.1, -0.05) is 22.0 Å². The number of methoxy groups -OCH3 is 2. The van der Waals surface area contributed by atoms with Crippen molar-refractivity contribution >= 4 is 15.9 Å². The van der Waals surface area contributed by atoms with Gasteiger partial charge in [0.2, 0.25) is 0 Å². The van der Waals surface area contributed by atoms with Crippen LogP contribution >= 0.6 is 15.9 Å². The third-order valence-electron chi connectivity index (χ3n) is 1.95. The Morgan fingerprint density at radius 3 is 2.71 bits per heavy atom. The molecule has 4 heteroatoms. The van der Waals surface area contributed by atoms with Crippen LogP contribution in [0, 0.1) is 0 Å². The van der Waals surface area contributed by atoms with Crippen molar-refractivity contribution in [3.05, 3.63) is 28.2 Å². The van der Waals surface area contributed by atoms with E-state index in [1.807, 2.05) is 18.2 Å². The lowest BCUT2D eigenvalue weighted by molar-refractivity contribution is 0.179. The summed E-state index contributed by atoms with van der Waals surface area (Å²) in [6, 6.07) is 5.56. The molecule has 0 fully saturated rings. The number of ether oxygens (including phenoxy) is 2. The first-order chi connectivity index (χ1) is 6.70. The van der Waals surface area contributed by atoms with E-state index in [1.54, 1.807) is 14.2 Å². The van der Waals surface area contributed by atoms with Gasteiger partial charge in [-0.2, -0.15) is 0 Å². The molecular formula is C10H14BrNO2. The minimum Gasteiger partial charge on any atom is -0.496 e. The second-order valence-electron chi connectivity index (χ2n) is 2.92. The van der Waals surface area contributed by atoms with Gasteiger partial charge in [0.15, 0.2) is 0 Å². The van der Waals surface area contributed by atoms with E-state index in [0.29, 0.717) is 6.61 Å². The highest BCUT2D eigenvalue weighted by atomic mass is 79.9. The molecule has 0 radical (unpaired) electrons. The summed E-state index contributed by atoms with van der Waals surface area (Å²) in [7, 11) is 3.26. The van der Waals surface area contributed by atoms with Gasteiger partial charge in [0.05, 0.1) is 19.8 Å². The normalized spacial score (nSPS) is 12.6. The Bertz CT molecular complexity index is 304. The molecule has 14 heavy (non-hydrogen) atoms. The van der Waals surface area contributed by atoms with Crippen LogP contribution in [0.25, 0.3) is 0 Å². The maximum atomic E-state index is 5.95. The standard InChI is InChI=1S/C10H14BrNO2/c1-13-6-8(12)10-7(11)4-3-5-9(10)14-2/h3-5,8H,6,12H2,1-2H3/t8-/m1/s1. The molecule has 0 aliphatic rings. The first-order valence-corrected chi connectivity index (χ1v) is 5.07. The van der Waals surface area contributed by atoms with E-state index < -0.39 is 0 Å². The maximum Gasteiger partial charge on any atom is 0.124 e. The lowest BCUT2D eigenvalue weighted by Gasteiger charge is -2.16. The summed E-state index contributed by atoms with van der Waals surface area (Å²) in [5.41, 5.74) is 6.89. The molecule has 1 aromatic rings. The average Bonchev–Trinajstić information content (AvgIpc) is 2.17. The fraction of sp³-hybridized carbons (Fsp3) is 0.400. The molecule has 0 aromatic heterocycles. The number of hydrogen-bond acceptors (Lipinski definition) is 3. The summed E-state index contributed by atoms with van der Waals surface area (Å²) < 4.78 is 11.2. The molecule has 0 unspecified atom stereocenters. The van der Waals surface area contributed by atoms with Gasteiger partial charge in [0, 0.05) is 17.1 Å². The highest BCUT2D eigenvalue weighted by molar-refractivity contribution is 9.10. The molecule has 0 aliphatic heterocycles. The molecule has 0 amide bonds. The average molecular weight is 260 g/mol. The van der Waals surface area contributed by atoms with E-state index in [-0.39, 0.29) is 6.04 Å². The zero-order chi connectivity index (χ0) is 10.6. The molecule has 0 saturated carbocycles. The second kappa shape index (κ2) is 5.34.